The van der Waals surface area contributed by atoms with E-state index in [1.54, 1.807) is 23.2 Å². The summed E-state index contributed by atoms with van der Waals surface area (Å²) < 4.78 is 17.0. The standard InChI is InChI=1S/C27H34ClN3O5S/c1-17(30-24(32)19-11-12-31(15-19)26(33)36-27(2,3)4)5-9-21-14-29-25(37-21)35-23-10-8-20(13-22(23)28)34-16-18-6-7-18/h5,8-10,13-14,17-19H,6-7,11-12,15-16H2,1-4H3,(H,30,32)/t17-,19-/m0/s1. The van der Waals surface area contributed by atoms with Crippen LogP contribution in [0.4, 0.5) is 4.79 Å². The highest BCUT2D eigenvalue weighted by Crippen LogP contribution is 2.35. The minimum Gasteiger partial charge on any atom is -0.493 e. The molecule has 2 atom stereocenters. The fraction of sp³-hybridized carbons (Fsp3) is 0.519. The molecule has 2 amide bonds. The lowest BCUT2D eigenvalue weighted by molar-refractivity contribution is -0.124. The van der Waals surface area contributed by atoms with Gasteiger partial charge in [0.25, 0.3) is 5.19 Å². The predicted molar refractivity (Wildman–Crippen MR) is 144 cm³/mol. The molecule has 4 rings (SSSR count). The number of carbonyl (C=O) groups is 2. The lowest BCUT2D eigenvalue weighted by Crippen LogP contribution is -2.39. The Morgan fingerprint density at radius 2 is 2.08 bits per heavy atom. The predicted octanol–water partition coefficient (Wildman–Crippen LogP) is 6.15. The highest BCUT2D eigenvalue weighted by atomic mass is 35.5. The van der Waals surface area contributed by atoms with Crippen molar-refractivity contribution in [1.29, 1.82) is 0 Å². The van der Waals surface area contributed by atoms with Crippen LogP contribution in [0.2, 0.25) is 5.02 Å². The van der Waals surface area contributed by atoms with Crippen molar-refractivity contribution in [3.8, 4) is 16.7 Å². The monoisotopic (exact) mass is 547 g/mol. The summed E-state index contributed by atoms with van der Waals surface area (Å²) in [6.07, 6.45) is 8.21. The molecule has 200 valence electrons. The van der Waals surface area contributed by atoms with Crippen LogP contribution in [0.25, 0.3) is 6.08 Å². The van der Waals surface area contributed by atoms with E-state index in [9.17, 15) is 9.59 Å². The van der Waals surface area contributed by atoms with Crippen LogP contribution < -0.4 is 14.8 Å². The minimum atomic E-state index is -0.556. The van der Waals surface area contributed by atoms with E-state index in [0.29, 0.717) is 41.4 Å². The van der Waals surface area contributed by atoms with Gasteiger partial charge in [-0.1, -0.05) is 29.0 Å². The molecule has 2 aliphatic rings. The molecule has 8 nitrogen and oxygen atoms in total. The van der Waals surface area contributed by atoms with Gasteiger partial charge in [-0.05, 0) is 71.1 Å². The molecule has 1 aromatic heterocycles. The van der Waals surface area contributed by atoms with E-state index in [4.69, 9.17) is 25.8 Å². The Hall–Kier alpha value is -2.78. The van der Waals surface area contributed by atoms with Gasteiger partial charge in [-0.25, -0.2) is 9.78 Å². The highest BCUT2D eigenvalue weighted by Gasteiger charge is 2.33. The van der Waals surface area contributed by atoms with Crippen molar-refractivity contribution in [2.45, 2.75) is 58.6 Å². The molecule has 2 aromatic rings. The molecule has 0 spiro atoms. The van der Waals surface area contributed by atoms with Gasteiger partial charge in [-0.3, -0.25) is 4.79 Å². The van der Waals surface area contributed by atoms with Gasteiger partial charge in [0.15, 0.2) is 0 Å². The number of halogens is 1. The molecule has 1 saturated carbocycles. The molecule has 1 aliphatic carbocycles. The van der Waals surface area contributed by atoms with Crippen LogP contribution in [0.15, 0.2) is 30.5 Å². The number of amides is 2. The highest BCUT2D eigenvalue weighted by molar-refractivity contribution is 7.14. The second kappa shape index (κ2) is 11.7. The van der Waals surface area contributed by atoms with Gasteiger partial charge < -0.3 is 24.4 Å². The fourth-order valence-electron chi connectivity index (χ4n) is 3.74. The number of nitrogens with zero attached hydrogens (tertiary/aromatic N) is 2. The molecule has 10 heteroatoms. The van der Waals surface area contributed by atoms with E-state index in [1.165, 1.54) is 24.2 Å². The third-order valence-corrected chi connectivity index (χ3v) is 7.05. The molecular formula is C27H34ClN3O5S. The van der Waals surface area contributed by atoms with Gasteiger partial charge in [0, 0.05) is 31.4 Å². The molecular weight excluding hydrogens is 514 g/mol. The maximum atomic E-state index is 12.7. The van der Waals surface area contributed by atoms with E-state index < -0.39 is 5.60 Å². The smallest absolute Gasteiger partial charge is 0.410 e. The van der Waals surface area contributed by atoms with Crippen LogP contribution in [-0.4, -0.2) is 53.2 Å². The Bertz CT molecular complexity index is 1140. The summed E-state index contributed by atoms with van der Waals surface area (Å²) in [6.45, 7) is 8.99. The molecule has 2 heterocycles. The Morgan fingerprint density at radius 3 is 2.78 bits per heavy atom. The van der Waals surface area contributed by atoms with E-state index >= 15 is 0 Å². The number of hydrogen-bond acceptors (Lipinski definition) is 7. The molecule has 37 heavy (non-hydrogen) atoms. The first kappa shape index (κ1) is 27.3. The number of likely N-dealkylation sites (tertiary alicyclic amines) is 1. The molecule has 0 radical (unpaired) electrons. The van der Waals surface area contributed by atoms with Crippen LogP contribution in [0.1, 0.15) is 51.8 Å². The lowest BCUT2D eigenvalue weighted by Gasteiger charge is -2.24. The maximum Gasteiger partial charge on any atom is 0.410 e. The van der Waals surface area contributed by atoms with E-state index in [2.05, 4.69) is 10.3 Å². The number of rotatable bonds is 9. The van der Waals surface area contributed by atoms with Gasteiger partial charge in [0.2, 0.25) is 5.91 Å². The number of nitrogens with one attached hydrogen (secondary N) is 1. The number of ether oxygens (including phenoxy) is 3. The first-order valence-electron chi connectivity index (χ1n) is 12.6. The summed E-state index contributed by atoms with van der Waals surface area (Å²) in [4.78, 5) is 31.7. The van der Waals surface area contributed by atoms with Gasteiger partial charge in [-0.2, -0.15) is 0 Å². The average molecular weight is 548 g/mol. The molecule has 1 aliphatic heterocycles. The molecule has 2 fully saturated rings. The summed E-state index contributed by atoms with van der Waals surface area (Å²) in [5, 5.41) is 3.94. The van der Waals surface area contributed by atoms with Crippen molar-refractivity contribution in [3.63, 3.8) is 0 Å². The SMILES string of the molecule is C[C@@H](C=Cc1cnc(Oc2ccc(OCC3CC3)cc2Cl)s1)NC(=O)[C@H]1CCN(C(=O)OC(C)(C)C)C1. The fourth-order valence-corrected chi connectivity index (χ4v) is 4.64. The van der Waals surface area contributed by atoms with Crippen molar-refractivity contribution >= 4 is 41.0 Å². The zero-order valence-electron chi connectivity index (χ0n) is 21.7. The van der Waals surface area contributed by atoms with Gasteiger partial charge in [0.1, 0.15) is 17.1 Å². The Labute approximate surface area is 226 Å². The summed E-state index contributed by atoms with van der Waals surface area (Å²) >= 11 is 7.74. The van der Waals surface area contributed by atoms with Gasteiger partial charge in [0.05, 0.1) is 22.4 Å². The Balaban J connectivity index is 1.23. The number of hydrogen-bond donors (Lipinski definition) is 1. The molecule has 1 saturated heterocycles. The normalized spacial score (nSPS) is 18.6. The number of benzene rings is 1. The summed E-state index contributed by atoms with van der Waals surface area (Å²) in [5.74, 6) is 1.60. The quantitative estimate of drug-likeness (QED) is 0.405. The summed E-state index contributed by atoms with van der Waals surface area (Å²) in [5.41, 5.74) is -0.556. The van der Waals surface area contributed by atoms with Gasteiger partial charge in [-0.15, -0.1) is 0 Å². The van der Waals surface area contributed by atoms with Crippen LogP contribution >= 0.6 is 22.9 Å². The largest absolute Gasteiger partial charge is 0.493 e. The topological polar surface area (TPSA) is 90.0 Å². The van der Waals surface area contributed by atoms with Crippen LogP contribution in [0, 0.1) is 11.8 Å². The number of aromatic nitrogens is 1. The summed E-state index contributed by atoms with van der Waals surface area (Å²) in [7, 11) is 0. The third kappa shape index (κ3) is 8.36. The van der Waals surface area contributed by atoms with Crippen LogP contribution in [-0.2, 0) is 9.53 Å². The Morgan fingerprint density at radius 1 is 1.30 bits per heavy atom. The van der Waals surface area contributed by atoms with E-state index in [0.717, 1.165) is 17.2 Å². The van der Waals surface area contributed by atoms with Crippen molar-refractivity contribution in [2.24, 2.45) is 11.8 Å². The zero-order chi connectivity index (χ0) is 26.6. The third-order valence-electron chi connectivity index (χ3n) is 5.92. The second-order valence-corrected chi connectivity index (χ2v) is 12.0. The second-order valence-electron chi connectivity index (χ2n) is 10.5. The minimum absolute atomic E-state index is 0.0734. The molecule has 0 unspecified atom stereocenters. The van der Waals surface area contributed by atoms with E-state index in [1.807, 2.05) is 45.9 Å². The summed E-state index contributed by atoms with van der Waals surface area (Å²) in [6, 6.07) is 5.20. The molecule has 1 aromatic carbocycles. The number of thiazole rings is 1. The first-order valence-corrected chi connectivity index (χ1v) is 13.8. The first-order chi connectivity index (χ1) is 17.6. The van der Waals surface area contributed by atoms with Crippen LogP contribution in [0.5, 0.6) is 16.7 Å². The van der Waals surface area contributed by atoms with Crippen molar-refractivity contribution in [2.75, 3.05) is 19.7 Å². The molecule has 1 N–H and O–H groups in total. The van der Waals surface area contributed by atoms with E-state index in [-0.39, 0.29) is 24.0 Å². The van der Waals surface area contributed by atoms with Crippen molar-refractivity contribution < 1.29 is 23.8 Å². The maximum absolute atomic E-state index is 12.7. The number of carbonyl (C=O) groups excluding carboxylic acids is 2. The van der Waals surface area contributed by atoms with Crippen molar-refractivity contribution in [1.82, 2.24) is 15.2 Å². The lowest BCUT2D eigenvalue weighted by atomic mass is 10.1. The average Bonchev–Trinajstić information content (AvgIpc) is 3.32. The van der Waals surface area contributed by atoms with Crippen LogP contribution in [0.3, 0.4) is 0 Å². The van der Waals surface area contributed by atoms with Crippen molar-refractivity contribution in [3.05, 3.63) is 40.4 Å². The Kier molecular flexibility index (Phi) is 8.64. The zero-order valence-corrected chi connectivity index (χ0v) is 23.2. The van der Waals surface area contributed by atoms with Gasteiger partial charge >= 0.3 is 6.09 Å². The molecule has 0 bridgehead atoms.